The quantitative estimate of drug-likeness (QED) is 0.863. The third-order valence-electron chi connectivity index (χ3n) is 2.02. The standard InChI is InChI=1S/C9H16N2O2S2/c1-3-5-11(4-2)15(12,13)9-6-8(10)7-14-9/h6-7H,3-5,10H2,1-2H3. The molecule has 0 unspecified atom stereocenters. The molecule has 0 radical (unpaired) electrons. The fourth-order valence-electron chi connectivity index (χ4n) is 1.29. The number of hydrogen-bond acceptors (Lipinski definition) is 4. The Balaban J connectivity index is 3.00. The van der Waals surface area contributed by atoms with Crippen LogP contribution in [0.2, 0.25) is 0 Å². The lowest BCUT2D eigenvalue weighted by Crippen LogP contribution is -2.31. The molecule has 1 aromatic heterocycles. The number of nitrogens with zero attached hydrogens (tertiary/aromatic N) is 1. The van der Waals surface area contributed by atoms with Gasteiger partial charge in [0.05, 0.1) is 0 Å². The van der Waals surface area contributed by atoms with Gasteiger partial charge >= 0.3 is 0 Å². The number of anilines is 1. The van der Waals surface area contributed by atoms with Gasteiger partial charge in [0.1, 0.15) is 4.21 Å². The first-order valence-corrected chi connectivity index (χ1v) is 7.18. The van der Waals surface area contributed by atoms with Crippen molar-refractivity contribution < 1.29 is 8.42 Å². The van der Waals surface area contributed by atoms with E-state index >= 15 is 0 Å². The van der Waals surface area contributed by atoms with Crippen LogP contribution in [0.1, 0.15) is 20.3 Å². The second-order valence-corrected chi connectivity index (χ2v) is 6.27. The molecule has 6 heteroatoms. The highest BCUT2D eigenvalue weighted by Crippen LogP contribution is 2.24. The molecule has 0 spiro atoms. The summed E-state index contributed by atoms with van der Waals surface area (Å²) in [7, 11) is -3.32. The highest BCUT2D eigenvalue weighted by atomic mass is 32.2. The van der Waals surface area contributed by atoms with Gasteiger partial charge < -0.3 is 5.73 Å². The first kappa shape index (κ1) is 12.5. The molecule has 0 aromatic carbocycles. The summed E-state index contributed by atoms with van der Waals surface area (Å²) in [5.74, 6) is 0. The number of hydrogen-bond donors (Lipinski definition) is 1. The van der Waals surface area contributed by atoms with E-state index in [9.17, 15) is 8.42 Å². The summed E-state index contributed by atoms with van der Waals surface area (Å²) in [5.41, 5.74) is 6.02. The Morgan fingerprint density at radius 3 is 2.53 bits per heavy atom. The Kier molecular flexibility index (Phi) is 4.12. The first-order valence-electron chi connectivity index (χ1n) is 4.86. The summed E-state index contributed by atoms with van der Waals surface area (Å²) >= 11 is 1.17. The van der Waals surface area contributed by atoms with Crippen molar-refractivity contribution in [2.45, 2.75) is 24.5 Å². The zero-order valence-corrected chi connectivity index (χ0v) is 10.6. The van der Waals surface area contributed by atoms with Crippen LogP contribution in [0.15, 0.2) is 15.7 Å². The van der Waals surface area contributed by atoms with Crippen molar-refractivity contribution in [3.63, 3.8) is 0 Å². The maximum Gasteiger partial charge on any atom is 0.252 e. The summed E-state index contributed by atoms with van der Waals surface area (Å²) < 4.78 is 25.9. The Bertz CT molecular complexity index is 412. The Hall–Kier alpha value is -0.590. The van der Waals surface area contributed by atoms with Crippen LogP contribution in [-0.4, -0.2) is 25.8 Å². The minimum atomic E-state index is -3.32. The summed E-state index contributed by atoms with van der Waals surface area (Å²) in [4.78, 5) is 0. The van der Waals surface area contributed by atoms with Gasteiger partial charge in [0.25, 0.3) is 10.0 Å². The SMILES string of the molecule is CCCN(CC)S(=O)(=O)c1cc(N)cs1. The fraction of sp³-hybridized carbons (Fsp3) is 0.556. The summed E-state index contributed by atoms with van der Waals surface area (Å²) in [6, 6.07) is 1.51. The third kappa shape index (κ3) is 2.70. The van der Waals surface area contributed by atoms with E-state index in [0.29, 0.717) is 23.0 Å². The second-order valence-electron chi connectivity index (χ2n) is 3.20. The molecule has 4 nitrogen and oxygen atoms in total. The zero-order valence-electron chi connectivity index (χ0n) is 8.93. The molecule has 1 aromatic rings. The van der Waals surface area contributed by atoms with Crippen LogP contribution in [-0.2, 0) is 10.0 Å². The van der Waals surface area contributed by atoms with Crippen molar-refractivity contribution in [2.75, 3.05) is 18.8 Å². The minimum Gasteiger partial charge on any atom is -0.398 e. The van der Waals surface area contributed by atoms with Crippen LogP contribution in [0, 0.1) is 0 Å². The molecule has 1 rings (SSSR count). The summed E-state index contributed by atoms with van der Waals surface area (Å²) in [6.45, 7) is 4.84. The molecule has 0 saturated carbocycles. The maximum absolute atomic E-state index is 12.0. The predicted octanol–water partition coefficient (Wildman–Crippen LogP) is 1.75. The van der Waals surface area contributed by atoms with E-state index in [2.05, 4.69) is 0 Å². The first-order chi connectivity index (χ1) is 7.02. The monoisotopic (exact) mass is 248 g/mol. The largest absolute Gasteiger partial charge is 0.398 e. The minimum absolute atomic E-state index is 0.329. The van der Waals surface area contributed by atoms with E-state index in [-0.39, 0.29) is 0 Å². The normalized spacial score (nSPS) is 12.2. The van der Waals surface area contributed by atoms with Crippen LogP contribution in [0.5, 0.6) is 0 Å². The van der Waals surface area contributed by atoms with Crippen molar-refractivity contribution in [2.24, 2.45) is 0 Å². The topological polar surface area (TPSA) is 63.4 Å². The van der Waals surface area contributed by atoms with Gasteiger partial charge in [-0.15, -0.1) is 11.3 Å². The van der Waals surface area contributed by atoms with E-state index in [1.807, 2.05) is 13.8 Å². The van der Waals surface area contributed by atoms with Gasteiger partial charge in [-0.3, -0.25) is 0 Å². The predicted molar refractivity (Wildman–Crippen MR) is 63.5 cm³/mol. The molecular formula is C9H16N2O2S2. The molecule has 0 bridgehead atoms. The molecular weight excluding hydrogens is 232 g/mol. The average molecular weight is 248 g/mol. The van der Waals surface area contributed by atoms with Gasteiger partial charge in [0.15, 0.2) is 0 Å². The third-order valence-corrected chi connectivity index (χ3v) is 5.42. The number of sulfonamides is 1. The molecule has 0 fully saturated rings. The van der Waals surface area contributed by atoms with Crippen molar-refractivity contribution in [1.82, 2.24) is 4.31 Å². The van der Waals surface area contributed by atoms with Gasteiger partial charge in [-0.2, -0.15) is 4.31 Å². The number of thiophene rings is 1. The zero-order chi connectivity index (χ0) is 11.5. The molecule has 0 aliphatic rings. The van der Waals surface area contributed by atoms with E-state index < -0.39 is 10.0 Å². The van der Waals surface area contributed by atoms with Crippen molar-refractivity contribution >= 4 is 27.0 Å². The van der Waals surface area contributed by atoms with E-state index in [1.54, 1.807) is 5.38 Å². The fourth-order valence-corrected chi connectivity index (χ4v) is 4.06. The Morgan fingerprint density at radius 1 is 1.47 bits per heavy atom. The Labute approximate surface area is 94.8 Å². The van der Waals surface area contributed by atoms with Gasteiger partial charge in [0, 0.05) is 24.2 Å². The molecule has 86 valence electrons. The van der Waals surface area contributed by atoms with Crippen LogP contribution < -0.4 is 5.73 Å². The van der Waals surface area contributed by atoms with Crippen LogP contribution in [0.25, 0.3) is 0 Å². The second kappa shape index (κ2) is 4.96. The van der Waals surface area contributed by atoms with Gasteiger partial charge in [0.2, 0.25) is 0 Å². The molecule has 0 atom stereocenters. The average Bonchev–Trinajstić information content (AvgIpc) is 2.61. The van der Waals surface area contributed by atoms with Crippen molar-refractivity contribution in [3.05, 3.63) is 11.4 Å². The van der Waals surface area contributed by atoms with Gasteiger partial charge in [-0.1, -0.05) is 13.8 Å². The summed E-state index contributed by atoms with van der Waals surface area (Å²) in [6.07, 6.45) is 0.813. The molecule has 2 N–H and O–H groups in total. The Morgan fingerprint density at radius 2 is 2.13 bits per heavy atom. The smallest absolute Gasteiger partial charge is 0.252 e. The summed E-state index contributed by atoms with van der Waals surface area (Å²) in [5, 5.41) is 1.65. The van der Waals surface area contributed by atoms with Crippen molar-refractivity contribution in [1.29, 1.82) is 0 Å². The van der Waals surface area contributed by atoms with Gasteiger partial charge in [-0.25, -0.2) is 8.42 Å². The van der Waals surface area contributed by atoms with Crippen LogP contribution in [0.3, 0.4) is 0 Å². The van der Waals surface area contributed by atoms with Crippen molar-refractivity contribution in [3.8, 4) is 0 Å². The molecule has 0 saturated heterocycles. The molecule has 1 heterocycles. The number of nitrogens with two attached hydrogens (primary N) is 1. The molecule has 0 aliphatic heterocycles. The lowest BCUT2D eigenvalue weighted by molar-refractivity contribution is 0.428. The van der Waals surface area contributed by atoms with Crippen LogP contribution in [0.4, 0.5) is 5.69 Å². The highest BCUT2D eigenvalue weighted by Gasteiger charge is 2.23. The molecule has 15 heavy (non-hydrogen) atoms. The van der Waals surface area contributed by atoms with E-state index in [4.69, 9.17) is 5.73 Å². The number of rotatable bonds is 5. The highest BCUT2D eigenvalue weighted by molar-refractivity contribution is 7.91. The maximum atomic E-state index is 12.0. The lowest BCUT2D eigenvalue weighted by atomic mass is 10.5. The van der Waals surface area contributed by atoms with E-state index in [0.717, 1.165) is 6.42 Å². The molecule has 0 amide bonds. The lowest BCUT2D eigenvalue weighted by Gasteiger charge is -2.18. The van der Waals surface area contributed by atoms with Gasteiger partial charge in [-0.05, 0) is 12.5 Å². The molecule has 0 aliphatic carbocycles. The van der Waals surface area contributed by atoms with Crippen LogP contribution >= 0.6 is 11.3 Å². The van der Waals surface area contributed by atoms with E-state index in [1.165, 1.54) is 21.7 Å². The number of nitrogen functional groups attached to an aromatic ring is 1.